The van der Waals surface area contributed by atoms with Crippen molar-refractivity contribution in [2.45, 2.75) is 18.9 Å². The van der Waals surface area contributed by atoms with Crippen molar-refractivity contribution in [2.24, 2.45) is 5.92 Å². The molecule has 2 aliphatic heterocycles. The summed E-state index contributed by atoms with van der Waals surface area (Å²) >= 11 is 0. The molecule has 0 radical (unpaired) electrons. The number of likely N-dealkylation sites (N-methyl/N-ethyl adjacent to an activating group) is 1. The number of amides is 2. The van der Waals surface area contributed by atoms with Crippen molar-refractivity contribution in [3.63, 3.8) is 0 Å². The zero-order valence-corrected chi connectivity index (χ0v) is 8.86. The second-order valence-electron chi connectivity index (χ2n) is 4.19. The van der Waals surface area contributed by atoms with Crippen LogP contribution in [0.4, 0.5) is 0 Å². The first-order valence-corrected chi connectivity index (χ1v) is 5.30. The number of rotatable bonds is 3. The highest BCUT2D eigenvalue weighted by molar-refractivity contribution is 6.05. The number of hydrogen-bond acceptors (Lipinski definition) is 4. The van der Waals surface area contributed by atoms with Crippen molar-refractivity contribution in [2.75, 3.05) is 26.8 Å². The molecule has 0 aromatic carbocycles. The van der Waals surface area contributed by atoms with E-state index in [1.165, 1.54) is 11.9 Å². The molecular weight excluding hydrogens is 196 g/mol. The molecule has 0 aromatic rings. The Morgan fingerprint density at radius 2 is 2.33 bits per heavy atom. The number of nitrogens with one attached hydrogen (secondary N) is 1. The van der Waals surface area contributed by atoms with Gasteiger partial charge in [0, 0.05) is 20.2 Å². The average molecular weight is 212 g/mol. The van der Waals surface area contributed by atoms with Crippen LogP contribution in [0.25, 0.3) is 0 Å². The second kappa shape index (κ2) is 4.28. The maximum atomic E-state index is 11.5. The molecule has 5 heteroatoms. The molecule has 0 aliphatic carbocycles. The largest absolute Gasteiger partial charge is 0.381 e. The molecule has 0 bridgehead atoms. The Morgan fingerprint density at radius 3 is 2.87 bits per heavy atom. The van der Waals surface area contributed by atoms with Crippen LogP contribution in [0.1, 0.15) is 12.8 Å². The summed E-state index contributed by atoms with van der Waals surface area (Å²) in [5, 5.41) is 3.14. The number of carbonyl (C=O) groups is 2. The number of imide groups is 1. The molecule has 2 rings (SSSR count). The van der Waals surface area contributed by atoms with E-state index >= 15 is 0 Å². The van der Waals surface area contributed by atoms with Gasteiger partial charge in [-0.15, -0.1) is 0 Å². The van der Waals surface area contributed by atoms with Gasteiger partial charge >= 0.3 is 0 Å². The normalized spacial score (nSPS) is 31.7. The Kier molecular flexibility index (Phi) is 3.02. The monoisotopic (exact) mass is 212 g/mol. The van der Waals surface area contributed by atoms with Gasteiger partial charge in [-0.1, -0.05) is 0 Å². The second-order valence-corrected chi connectivity index (χ2v) is 4.19. The minimum Gasteiger partial charge on any atom is -0.381 e. The van der Waals surface area contributed by atoms with Crippen LogP contribution in [0.3, 0.4) is 0 Å². The molecule has 0 saturated carbocycles. The van der Waals surface area contributed by atoms with Gasteiger partial charge in [-0.2, -0.15) is 0 Å². The molecule has 1 N–H and O–H groups in total. The third-order valence-corrected chi connectivity index (χ3v) is 3.06. The van der Waals surface area contributed by atoms with E-state index in [0.29, 0.717) is 12.3 Å². The summed E-state index contributed by atoms with van der Waals surface area (Å²) < 4.78 is 5.24. The first-order valence-electron chi connectivity index (χ1n) is 5.30. The van der Waals surface area contributed by atoms with E-state index in [1.807, 2.05) is 0 Å². The molecule has 0 spiro atoms. The lowest BCUT2D eigenvalue weighted by atomic mass is 10.1. The molecule has 2 amide bonds. The number of carbonyl (C=O) groups excluding carboxylic acids is 2. The maximum Gasteiger partial charge on any atom is 0.246 e. The summed E-state index contributed by atoms with van der Waals surface area (Å²) in [5.41, 5.74) is 0. The third-order valence-electron chi connectivity index (χ3n) is 3.06. The van der Waals surface area contributed by atoms with Crippen LogP contribution in [0, 0.1) is 5.92 Å². The van der Waals surface area contributed by atoms with Gasteiger partial charge < -0.3 is 10.1 Å². The molecule has 84 valence electrons. The van der Waals surface area contributed by atoms with E-state index in [9.17, 15) is 9.59 Å². The predicted molar refractivity (Wildman–Crippen MR) is 53.1 cm³/mol. The Morgan fingerprint density at radius 1 is 1.53 bits per heavy atom. The lowest BCUT2D eigenvalue weighted by Gasteiger charge is -2.13. The first kappa shape index (κ1) is 10.6. The zero-order chi connectivity index (χ0) is 10.8. The van der Waals surface area contributed by atoms with Crippen LogP contribution in [0.5, 0.6) is 0 Å². The van der Waals surface area contributed by atoms with Crippen molar-refractivity contribution in [3.8, 4) is 0 Å². The molecule has 5 nitrogen and oxygen atoms in total. The molecular formula is C10H16N2O3. The Balaban J connectivity index is 1.80. The number of nitrogens with zero attached hydrogens (tertiary/aromatic N) is 1. The van der Waals surface area contributed by atoms with Crippen LogP contribution in [0.2, 0.25) is 0 Å². The molecule has 2 unspecified atom stereocenters. The summed E-state index contributed by atoms with van der Waals surface area (Å²) in [6, 6.07) is -0.317. The molecule has 2 saturated heterocycles. The average Bonchev–Trinajstić information content (AvgIpc) is 2.80. The van der Waals surface area contributed by atoms with E-state index in [1.54, 1.807) is 0 Å². The highest BCUT2D eigenvalue weighted by Gasteiger charge is 2.35. The number of ether oxygens (including phenoxy) is 1. The summed E-state index contributed by atoms with van der Waals surface area (Å²) in [7, 11) is 1.53. The van der Waals surface area contributed by atoms with Gasteiger partial charge in [0.15, 0.2) is 0 Å². The third kappa shape index (κ3) is 2.18. The predicted octanol–water partition coefficient (Wildman–Crippen LogP) is -0.630. The first-order chi connectivity index (χ1) is 7.18. The Labute approximate surface area is 88.8 Å². The lowest BCUT2D eigenvalue weighted by Crippen LogP contribution is -2.39. The van der Waals surface area contributed by atoms with Crippen LogP contribution in [0.15, 0.2) is 0 Å². The summed E-state index contributed by atoms with van der Waals surface area (Å²) in [5.74, 6) is 0.276. The summed E-state index contributed by atoms with van der Waals surface area (Å²) in [6.07, 6.45) is 1.33. The van der Waals surface area contributed by atoms with E-state index in [4.69, 9.17) is 4.74 Å². The van der Waals surface area contributed by atoms with Crippen LogP contribution >= 0.6 is 0 Å². The van der Waals surface area contributed by atoms with Crippen molar-refractivity contribution in [3.05, 3.63) is 0 Å². The number of likely N-dealkylation sites (tertiary alicyclic amines) is 1. The molecule has 2 aliphatic rings. The van der Waals surface area contributed by atoms with Crippen molar-refractivity contribution >= 4 is 11.8 Å². The van der Waals surface area contributed by atoms with Crippen LogP contribution in [-0.4, -0.2) is 49.6 Å². The van der Waals surface area contributed by atoms with Crippen LogP contribution < -0.4 is 5.32 Å². The van der Waals surface area contributed by atoms with Crippen molar-refractivity contribution in [1.29, 1.82) is 0 Å². The van der Waals surface area contributed by atoms with Crippen molar-refractivity contribution < 1.29 is 14.3 Å². The molecule has 2 atom stereocenters. The fourth-order valence-corrected chi connectivity index (χ4v) is 1.97. The highest BCUT2D eigenvalue weighted by Crippen LogP contribution is 2.14. The molecule has 15 heavy (non-hydrogen) atoms. The van der Waals surface area contributed by atoms with Gasteiger partial charge in [0.2, 0.25) is 11.8 Å². The highest BCUT2D eigenvalue weighted by atomic mass is 16.5. The van der Waals surface area contributed by atoms with Gasteiger partial charge in [0.25, 0.3) is 0 Å². The van der Waals surface area contributed by atoms with Gasteiger partial charge in [0.05, 0.1) is 19.1 Å². The fraction of sp³-hybridized carbons (Fsp3) is 0.800. The molecule has 2 heterocycles. The SMILES string of the molecule is CN1C(=O)CC(NCC2CCOC2)C1=O. The minimum atomic E-state index is -0.317. The number of hydrogen-bond donors (Lipinski definition) is 1. The van der Waals surface area contributed by atoms with Gasteiger partial charge in [0.1, 0.15) is 0 Å². The van der Waals surface area contributed by atoms with E-state index < -0.39 is 0 Å². The van der Waals surface area contributed by atoms with Gasteiger partial charge in [-0.25, -0.2) is 0 Å². The van der Waals surface area contributed by atoms with Gasteiger partial charge in [-0.3, -0.25) is 14.5 Å². The summed E-state index contributed by atoms with van der Waals surface area (Å²) in [4.78, 5) is 24.0. The minimum absolute atomic E-state index is 0.0971. The van der Waals surface area contributed by atoms with Crippen molar-refractivity contribution in [1.82, 2.24) is 10.2 Å². The molecule has 2 fully saturated rings. The van der Waals surface area contributed by atoms with E-state index in [0.717, 1.165) is 26.2 Å². The fourth-order valence-electron chi connectivity index (χ4n) is 1.97. The Hall–Kier alpha value is -0.940. The van der Waals surface area contributed by atoms with E-state index in [-0.39, 0.29) is 17.9 Å². The standard InChI is InChI=1S/C10H16N2O3/c1-12-9(13)4-8(10(12)14)11-5-7-2-3-15-6-7/h7-8,11H,2-6H2,1H3. The van der Waals surface area contributed by atoms with Crippen LogP contribution in [-0.2, 0) is 14.3 Å². The summed E-state index contributed by atoms with van der Waals surface area (Å²) in [6.45, 7) is 2.33. The lowest BCUT2D eigenvalue weighted by molar-refractivity contribution is -0.137. The smallest absolute Gasteiger partial charge is 0.246 e. The molecule has 0 aromatic heterocycles. The Bertz CT molecular complexity index is 274. The quantitative estimate of drug-likeness (QED) is 0.633. The van der Waals surface area contributed by atoms with E-state index in [2.05, 4.69) is 5.32 Å². The maximum absolute atomic E-state index is 11.5. The van der Waals surface area contributed by atoms with Gasteiger partial charge in [-0.05, 0) is 12.3 Å². The zero-order valence-electron chi connectivity index (χ0n) is 8.86. The topological polar surface area (TPSA) is 58.6 Å².